The zero-order valence-electron chi connectivity index (χ0n) is 15.9. The smallest absolute Gasteiger partial charge is 0.123 e. The number of para-hydroxylation sites is 1. The van der Waals surface area contributed by atoms with E-state index in [9.17, 15) is 0 Å². The predicted octanol–water partition coefficient (Wildman–Crippen LogP) is 2.30. The van der Waals surface area contributed by atoms with E-state index in [1.165, 1.54) is 5.56 Å². The van der Waals surface area contributed by atoms with Crippen LogP contribution >= 0.6 is 12.4 Å². The maximum atomic E-state index is 5.58. The fourth-order valence-corrected chi connectivity index (χ4v) is 3.56. The van der Waals surface area contributed by atoms with Crippen LogP contribution in [0.4, 0.5) is 0 Å². The van der Waals surface area contributed by atoms with Gasteiger partial charge in [-0.05, 0) is 17.7 Å². The van der Waals surface area contributed by atoms with E-state index in [0.29, 0.717) is 6.54 Å². The molecule has 2 aromatic heterocycles. The summed E-state index contributed by atoms with van der Waals surface area (Å²) in [6.45, 7) is 4.26. The molecule has 3 aromatic rings. The zero-order chi connectivity index (χ0) is 18.5. The molecule has 1 aliphatic heterocycles. The highest BCUT2D eigenvalue weighted by atomic mass is 35.5. The lowest BCUT2D eigenvalue weighted by Crippen LogP contribution is -2.45. The Morgan fingerprint density at radius 2 is 2.07 bits per heavy atom. The van der Waals surface area contributed by atoms with Crippen molar-refractivity contribution in [2.24, 2.45) is 0 Å². The third-order valence-corrected chi connectivity index (χ3v) is 4.87. The van der Waals surface area contributed by atoms with Crippen LogP contribution in [-0.2, 0) is 13.1 Å². The highest BCUT2D eigenvalue weighted by molar-refractivity contribution is 5.85. The van der Waals surface area contributed by atoms with E-state index in [0.717, 1.165) is 43.2 Å². The van der Waals surface area contributed by atoms with Gasteiger partial charge in [0.2, 0.25) is 0 Å². The average molecular weight is 401 g/mol. The molecule has 0 radical (unpaired) electrons. The molecule has 1 saturated heterocycles. The van der Waals surface area contributed by atoms with Gasteiger partial charge in [0.05, 0.1) is 31.6 Å². The average Bonchev–Trinajstić information content (AvgIpc) is 3.16. The lowest BCUT2D eigenvalue weighted by atomic mass is 10.0. The summed E-state index contributed by atoms with van der Waals surface area (Å²) in [5.41, 5.74) is 3.29. The largest absolute Gasteiger partial charge is 0.496 e. The SMILES string of the molecule is COc1ccccc1C1CNCCN1Cc1cn(Cc2cccnc2)nn1.Cl. The van der Waals surface area contributed by atoms with Gasteiger partial charge in [0, 0.05) is 44.1 Å². The molecule has 148 valence electrons. The molecule has 0 spiro atoms. The van der Waals surface area contributed by atoms with E-state index in [4.69, 9.17) is 4.74 Å². The maximum absolute atomic E-state index is 5.58. The summed E-state index contributed by atoms with van der Waals surface area (Å²) >= 11 is 0. The molecular formula is C20H25ClN6O. The van der Waals surface area contributed by atoms with Crippen LogP contribution in [0.1, 0.15) is 22.9 Å². The first-order chi connectivity index (χ1) is 13.3. The van der Waals surface area contributed by atoms with E-state index in [1.54, 1.807) is 13.3 Å². The van der Waals surface area contributed by atoms with Crippen molar-refractivity contribution >= 4 is 12.4 Å². The van der Waals surface area contributed by atoms with Crippen molar-refractivity contribution in [1.29, 1.82) is 0 Å². The van der Waals surface area contributed by atoms with E-state index < -0.39 is 0 Å². The number of benzene rings is 1. The number of ether oxygens (including phenoxy) is 1. The molecule has 1 N–H and O–H groups in total. The van der Waals surface area contributed by atoms with Crippen molar-refractivity contribution in [1.82, 2.24) is 30.2 Å². The van der Waals surface area contributed by atoms with Gasteiger partial charge < -0.3 is 10.1 Å². The van der Waals surface area contributed by atoms with Crippen molar-refractivity contribution in [3.8, 4) is 5.75 Å². The molecule has 0 aliphatic carbocycles. The van der Waals surface area contributed by atoms with Crippen LogP contribution in [0.25, 0.3) is 0 Å². The molecule has 1 fully saturated rings. The Morgan fingerprint density at radius 3 is 2.89 bits per heavy atom. The molecule has 1 aromatic carbocycles. The maximum Gasteiger partial charge on any atom is 0.123 e. The van der Waals surface area contributed by atoms with Gasteiger partial charge in [0.1, 0.15) is 5.75 Å². The molecule has 3 heterocycles. The van der Waals surface area contributed by atoms with Crippen LogP contribution in [-0.4, -0.2) is 51.6 Å². The third kappa shape index (κ3) is 4.67. The first-order valence-electron chi connectivity index (χ1n) is 9.19. The van der Waals surface area contributed by atoms with Gasteiger partial charge in [-0.15, -0.1) is 17.5 Å². The fourth-order valence-electron chi connectivity index (χ4n) is 3.56. The van der Waals surface area contributed by atoms with Crippen LogP contribution < -0.4 is 10.1 Å². The van der Waals surface area contributed by atoms with Gasteiger partial charge in [0.15, 0.2) is 0 Å². The number of nitrogens with zero attached hydrogens (tertiary/aromatic N) is 5. The second kappa shape index (κ2) is 9.64. The van der Waals surface area contributed by atoms with E-state index in [1.807, 2.05) is 41.3 Å². The summed E-state index contributed by atoms with van der Waals surface area (Å²) in [5, 5.41) is 12.1. The number of hydrogen-bond acceptors (Lipinski definition) is 6. The Bertz CT molecular complexity index is 872. The second-order valence-corrected chi connectivity index (χ2v) is 6.70. The van der Waals surface area contributed by atoms with Gasteiger partial charge in [-0.2, -0.15) is 0 Å². The molecule has 28 heavy (non-hydrogen) atoms. The van der Waals surface area contributed by atoms with Crippen LogP contribution in [0.15, 0.2) is 55.0 Å². The summed E-state index contributed by atoms with van der Waals surface area (Å²) in [4.78, 5) is 6.59. The molecule has 1 unspecified atom stereocenters. The Hall–Kier alpha value is -2.48. The lowest BCUT2D eigenvalue weighted by Gasteiger charge is -2.36. The van der Waals surface area contributed by atoms with Crippen LogP contribution in [0, 0.1) is 0 Å². The molecule has 1 aliphatic rings. The molecule has 7 nitrogen and oxygen atoms in total. The number of nitrogens with one attached hydrogen (secondary N) is 1. The first kappa shape index (κ1) is 20.3. The zero-order valence-corrected chi connectivity index (χ0v) is 16.7. The summed E-state index contributed by atoms with van der Waals surface area (Å²) in [7, 11) is 1.73. The lowest BCUT2D eigenvalue weighted by molar-refractivity contribution is 0.149. The minimum Gasteiger partial charge on any atom is -0.496 e. The van der Waals surface area contributed by atoms with Gasteiger partial charge in [0.25, 0.3) is 0 Å². The monoisotopic (exact) mass is 400 g/mol. The number of rotatable bonds is 6. The molecule has 4 rings (SSSR count). The fraction of sp³-hybridized carbons (Fsp3) is 0.350. The summed E-state index contributed by atoms with van der Waals surface area (Å²) in [6.07, 6.45) is 5.66. The molecule has 0 saturated carbocycles. The van der Waals surface area contributed by atoms with Crippen molar-refractivity contribution in [3.63, 3.8) is 0 Å². The van der Waals surface area contributed by atoms with Crippen molar-refractivity contribution in [2.45, 2.75) is 19.1 Å². The van der Waals surface area contributed by atoms with Gasteiger partial charge in [-0.3, -0.25) is 9.88 Å². The minimum absolute atomic E-state index is 0. The normalized spacial score (nSPS) is 17.1. The Kier molecular flexibility index (Phi) is 6.97. The Balaban J connectivity index is 0.00000225. The first-order valence-corrected chi connectivity index (χ1v) is 9.19. The van der Waals surface area contributed by atoms with Crippen molar-refractivity contribution in [2.75, 3.05) is 26.7 Å². The Morgan fingerprint density at radius 1 is 1.18 bits per heavy atom. The topological polar surface area (TPSA) is 68.1 Å². The summed E-state index contributed by atoms with van der Waals surface area (Å²) < 4.78 is 7.44. The van der Waals surface area contributed by atoms with Crippen LogP contribution in [0.3, 0.4) is 0 Å². The quantitative estimate of drug-likeness (QED) is 0.684. The highest BCUT2D eigenvalue weighted by Gasteiger charge is 2.26. The van der Waals surface area contributed by atoms with Crippen LogP contribution in [0.2, 0.25) is 0 Å². The van der Waals surface area contributed by atoms with Crippen LogP contribution in [0.5, 0.6) is 5.75 Å². The number of methoxy groups -OCH3 is 1. The number of halogens is 1. The number of pyridine rings is 1. The van der Waals surface area contributed by atoms with Crippen molar-refractivity contribution in [3.05, 3.63) is 71.8 Å². The summed E-state index contributed by atoms with van der Waals surface area (Å²) in [6, 6.07) is 12.5. The Labute approximate surface area is 171 Å². The van der Waals surface area contributed by atoms with E-state index in [2.05, 4.69) is 37.6 Å². The van der Waals surface area contributed by atoms with E-state index >= 15 is 0 Å². The highest BCUT2D eigenvalue weighted by Crippen LogP contribution is 2.30. The van der Waals surface area contributed by atoms with Gasteiger partial charge in [-0.1, -0.05) is 29.5 Å². The molecule has 0 bridgehead atoms. The standard InChI is InChI=1S/C20H24N6O.ClH/c1-27-20-7-3-2-6-18(20)19-12-22-9-10-25(19)14-17-15-26(24-23-17)13-16-5-4-8-21-11-16;/h2-8,11,15,19,22H,9-10,12-14H2,1H3;1H. The third-order valence-electron chi connectivity index (χ3n) is 4.87. The molecular weight excluding hydrogens is 376 g/mol. The molecule has 1 atom stereocenters. The minimum atomic E-state index is 0. The van der Waals surface area contributed by atoms with Gasteiger partial charge >= 0.3 is 0 Å². The number of hydrogen-bond donors (Lipinski definition) is 1. The molecule has 8 heteroatoms. The second-order valence-electron chi connectivity index (χ2n) is 6.70. The summed E-state index contributed by atoms with van der Waals surface area (Å²) in [5.74, 6) is 0.927. The number of piperazine rings is 1. The van der Waals surface area contributed by atoms with Crippen molar-refractivity contribution < 1.29 is 4.74 Å². The number of aromatic nitrogens is 4. The van der Waals surface area contributed by atoms with E-state index in [-0.39, 0.29) is 18.4 Å². The predicted molar refractivity (Wildman–Crippen MR) is 110 cm³/mol. The van der Waals surface area contributed by atoms with Gasteiger partial charge in [-0.25, -0.2) is 4.68 Å². The molecule has 0 amide bonds.